The third-order valence-electron chi connectivity index (χ3n) is 2.18. The minimum Gasteiger partial charge on any atom is -0.479 e. The van der Waals surface area contributed by atoms with Gasteiger partial charge in [-0.2, -0.15) is 0 Å². The molecule has 1 amide bonds. The Hall–Kier alpha value is -1.04. The number of β-lactam (4-membered cyclic amide) rings is 1. The number of aliphatic carboxylic acids is 1. The van der Waals surface area contributed by atoms with E-state index in [1.165, 1.54) is 16.7 Å². The summed E-state index contributed by atoms with van der Waals surface area (Å²) in [6.07, 6.45) is 0.363. The zero-order chi connectivity index (χ0) is 9.59. The van der Waals surface area contributed by atoms with Crippen molar-refractivity contribution in [2.24, 2.45) is 0 Å². The average molecular weight is 201 g/mol. The van der Waals surface area contributed by atoms with Gasteiger partial charge in [-0.15, -0.1) is 11.8 Å². The maximum absolute atomic E-state index is 11.2. The summed E-state index contributed by atoms with van der Waals surface area (Å²) in [5.41, 5.74) is 0. The Morgan fingerprint density at radius 1 is 1.54 bits per heavy atom. The van der Waals surface area contributed by atoms with Gasteiger partial charge in [0, 0.05) is 0 Å². The van der Waals surface area contributed by atoms with Gasteiger partial charge in [-0.1, -0.05) is 0 Å². The Morgan fingerprint density at radius 2 is 2.23 bits per heavy atom. The van der Waals surface area contributed by atoms with Crippen molar-refractivity contribution in [3.63, 3.8) is 0 Å². The van der Waals surface area contributed by atoms with Crippen LogP contribution in [0.4, 0.5) is 0 Å². The molecule has 2 heterocycles. The molecule has 0 radical (unpaired) electrons. The van der Waals surface area contributed by atoms with Crippen LogP contribution in [0.3, 0.4) is 0 Å². The Morgan fingerprint density at radius 3 is 2.69 bits per heavy atom. The summed E-state index contributed by atoms with van der Waals surface area (Å²) in [5, 5.41) is 8.63. The van der Waals surface area contributed by atoms with Crippen LogP contribution < -0.4 is 0 Å². The van der Waals surface area contributed by atoms with E-state index in [0.29, 0.717) is 6.42 Å². The second kappa shape index (κ2) is 2.73. The molecule has 5 nitrogen and oxygen atoms in total. The molecule has 0 aromatic carbocycles. The highest BCUT2D eigenvalue weighted by Gasteiger charge is 2.50. The number of amides is 1. The first-order chi connectivity index (χ1) is 6.11. The summed E-state index contributed by atoms with van der Waals surface area (Å²) < 4.78 is 0. The van der Waals surface area contributed by atoms with E-state index in [1.54, 1.807) is 0 Å². The molecule has 70 valence electrons. The molecule has 1 N–H and O–H groups in total. The topological polar surface area (TPSA) is 74.7 Å². The van der Waals surface area contributed by atoms with Crippen LogP contribution in [0.1, 0.15) is 6.42 Å². The molecule has 2 atom stereocenters. The quantitative estimate of drug-likeness (QED) is 0.449. The van der Waals surface area contributed by atoms with Crippen molar-refractivity contribution < 1.29 is 19.5 Å². The standard InChI is InChI=1S/C7H7NO4S/c9-3-2-13-5-1-4(10)8(5)6(3)7(11)12/h5-6H,1-2H2,(H,11,12)/t5-,6?/m0/s1. The van der Waals surface area contributed by atoms with Crippen molar-refractivity contribution in [2.75, 3.05) is 5.75 Å². The molecule has 0 bridgehead atoms. The SMILES string of the molecule is O=C(O)C1C(=O)CS[C@H]2CC(=O)N12. The number of carbonyl (C=O) groups is 3. The number of hydrogen-bond acceptors (Lipinski definition) is 4. The van der Waals surface area contributed by atoms with Gasteiger partial charge < -0.3 is 10.0 Å². The van der Waals surface area contributed by atoms with Crippen molar-refractivity contribution in [3.05, 3.63) is 0 Å². The predicted molar refractivity (Wildman–Crippen MR) is 44.1 cm³/mol. The van der Waals surface area contributed by atoms with Gasteiger partial charge in [-0.3, -0.25) is 9.59 Å². The van der Waals surface area contributed by atoms with Crippen LogP contribution in [0.5, 0.6) is 0 Å². The van der Waals surface area contributed by atoms with Crippen molar-refractivity contribution in [1.29, 1.82) is 0 Å². The van der Waals surface area contributed by atoms with Gasteiger partial charge >= 0.3 is 5.97 Å². The number of carboxylic acids is 1. The molecule has 0 aromatic rings. The van der Waals surface area contributed by atoms with Crippen LogP contribution in [-0.2, 0) is 14.4 Å². The summed E-state index contributed by atoms with van der Waals surface area (Å²) >= 11 is 1.34. The van der Waals surface area contributed by atoms with Gasteiger partial charge in [0.2, 0.25) is 5.91 Å². The van der Waals surface area contributed by atoms with E-state index in [1.807, 2.05) is 0 Å². The van der Waals surface area contributed by atoms with Crippen LogP contribution in [0, 0.1) is 0 Å². The first kappa shape index (κ1) is 8.55. The number of nitrogens with zero attached hydrogens (tertiary/aromatic N) is 1. The summed E-state index contributed by atoms with van der Waals surface area (Å²) in [4.78, 5) is 34.0. The van der Waals surface area contributed by atoms with Gasteiger partial charge in [0.05, 0.1) is 17.5 Å². The molecule has 2 saturated heterocycles. The normalized spacial score (nSPS) is 32.5. The largest absolute Gasteiger partial charge is 0.479 e. The molecule has 0 aliphatic carbocycles. The minimum absolute atomic E-state index is 0.0914. The molecule has 6 heteroatoms. The minimum atomic E-state index is -1.23. The van der Waals surface area contributed by atoms with Gasteiger partial charge in [0.25, 0.3) is 0 Å². The van der Waals surface area contributed by atoms with Gasteiger partial charge in [-0.05, 0) is 0 Å². The third kappa shape index (κ3) is 1.13. The number of carboxylic acid groups (broad SMARTS) is 1. The van der Waals surface area contributed by atoms with Crippen LogP contribution in [-0.4, -0.2) is 44.8 Å². The molecule has 2 aliphatic rings. The van der Waals surface area contributed by atoms with E-state index in [9.17, 15) is 14.4 Å². The van der Waals surface area contributed by atoms with E-state index < -0.39 is 12.0 Å². The number of carbonyl (C=O) groups excluding carboxylic acids is 2. The number of rotatable bonds is 1. The lowest BCUT2D eigenvalue weighted by molar-refractivity contribution is -0.161. The maximum Gasteiger partial charge on any atom is 0.334 e. The summed E-state index contributed by atoms with van der Waals surface area (Å²) in [6, 6.07) is -1.23. The average Bonchev–Trinajstić information content (AvgIpc) is 2.05. The fourth-order valence-electron chi connectivity index (χ4n) is 1.52. The number of hydrogen-bond donors (Lipinski definition) is 1. The smallest absolute Gasteiger partial charge is 0.334 e. The summed E-state index contributed by atoms with van der Waals surface area (Å²) in [6.45, 7) is 0. The highest BCUT2D eigenvalue weighted by atomic mass is 32.2. The van der Waals surface area contributed by atoms with Crippen LogP contribution in [0.15, 0.2) is 0 Å². The second-order valence-electron chi connectivity index (χ2n) is 2.98. The molecule has 0 aromatic heterocycles. The maximum atomic E-state index is 11.2. The number of thioether (sulfide) groups is 1. The third-order valence-corrected chi connectivity index (χ3v) is 3.41. The van der Waals surface area contributed by atoms with Crippen LogP contribution in [0.2, 0.25) is 0 Å². The number of ketones is 1. The first-order valence-corrected chi connectivity index (χ1v) is 4.84. The lowest BCUT2D eigenvalue weighted by Gasteiger charge is -2.45. The second-order valence-corrected chi connectivity index (χ2v) is 4.14. The molecule has 1 unspecified atom stereocenters. The van der Waals surface area contributed by atoms with Crippen molar-refractivity contribution in [2.45, 2.75) is 17.8 Å². The molecule has 0 saturated carbocycles. The fourth-order valence-corrected chi connectivity index (χ4v) is 2.69. The molecular formula is C7H7NO4S. The molecule has 2 rings (SSSR count). The van der Waals surface area contributed by atoms with E-state index in [2.05, 4.69) is 0 Å². The summed E-state index contributed by atoms with van der Waals surface area (Å²) in [7, 11) is 0. The van der Waals surface area contributed by atoms with Gasteiger partial charge in [0.15, 0.2) is 11.8 Å². The number of Topliss-reactive ketones (excluding diaryl/α,β-unsaturated/α-hetero) is 1. The lowest BCUT2D eigenvalue weighted by atomic mass is 10.1. The molecule has 0 spiro atoms. The van der Waals surface area contributed by atoms with Crippen molar-refractivity contribution in [3.8, 4) is 0 Å². The Labute approximate surface area is 78.1 Å². The Balaban J connectivity index is 2.24. The first-order valence-electron chi connectivity index (χ1n) is 3.79. The van der Waals surface area contributed by atoms with Gasteiger partial charge in [-0.25, -0.2) is 4.79 Å². The Kier molecular flexibility index (Phi) is 1.80. The van der Waals surface area contributed by atoms with E-state index in [0.717, 1.165) is 0 Å². The van der Waals surface area contributed by atoms with Crippen LogP contribution >= 0.6 is 11.8 Å². The zero-order valence-electron chi connectivity index (χ0n) is 6.60. The van der Waals surface area contributed by atoms with Gasteiger partial charge in [0.1, 0.15) is 0 Å². The van der Waals surface area contributed by atoms with Crippen molar-refractivity contribution in [1.82, 2.24) is 4.90 Å². The zero-order valence-corrected chi connectivity index (χ0v) is 7.41. The highest BCUT2D eigenvalue weighted by molar-refractivity contribution is 8.00. The number of fused-ring (bicyclic) bond motifs is 1. The van der Waals surface area contributed by atoms with E-state index in [4.69, 9.17) is 5.11 Å². The van der Waals surface area contributed by atoms with E-state index >= 15 is 0 Å². The van der Waals surface area contributed by atoms with Crippen LogP contribution in [0.25, 0.3) is 0 Å². The molecule has 13 heavy (non-hydrogen) atoms. The van der Waals surface area contributed by atoms with Crippen molar-refractivity contribution >= 4 is 29.4 Å². The molecule has 2 fully saturated rings. The molecular weight excluding hydrogens is 194 g/mol. The predicted octanol–water partition coefficient (Wildman–Crippen LogP) is -0.686. The fraction of sp³-hybridized carbons (Fsp3) is 0.571. The molecule has 2 aliphatic heterocycles. The highest BCUT2D eigenvalue weighted by Crippen LogP contribution is 2.36. The summed E-state index contributed by atoms with van der Waals surface area (Å²) in [5.74, 6) is -1.64. The van der Waals surface area contributed by atoms with E-state index in [-0.39, 0.29) is 22.8 Å². The Bertz CT molecular complexity index is 303. The monoisotopic (exact) mass is 201 g/mol. The lowest BCUT2D eigenvalue weighted by Crippen LogP contribution is -2.64.